The molecule has 0 saturated heterocycles. The Morgan fingerprint density at radius 1 is 0.340 bits per heavy atom. The van der Waals surface area contributed by atoms with Gasteiger partial charge in [-0.25, -0.2) is 0 Å². The number of rotatable bonds is 7. The van der Waals surface area contributed by atoms with Crippen molar-refractivity contribution in [2.24, 2.45) is 0 Å². The van der Waals surface area contributed by atoms with Crippen LogP contribution >= 0.6 is 0 Å². The standard InChI is InChI=1S/C46H33N/c1-4-14-36(15-5-1)45(37-16-6-2-7-17-37)32-34-24-28-39(29-25-34)47(38-18-8-3-9-19-38)40-30-26-35(27-31-40)33-46-43-22-12-10-20-41(43)42-21-11-13-23-44(42)46/h1-33H. The minimum absolute atomic E-state index is 1.11. The molecule has 0 amide bonds. The zero-order valence-electron chi connectivity index (χ0n) is 26.0. The molecule has 1 aliphatic rings. The predicted octanol–water partition coefficient (Wildman–Crippen LogP) is 12.3. The van der Waals surface area contributed by atoms with Crippen molar-refractivity contribution in [1.29, 1.82) is 0 Å². The Morgan fingerprint density at radius 3 is 1.21 bits per heavy atom. The van der Waals surface area contributed by atoms with Gasteiger partial charge in [-0.15, -0.1) is 0 Å². The molecule has 0 heterocycles. The Bertz CT molecular complexity index is 2050. The van der Waals surface area contributed by atoms with E-state index in [9.17, 15) is 0 Å². The summed E-state index contributed by atoms with van der Waals surface area (Å²) >= 11 is 0. The molecule has 0 N–H and O–H groups in total. The van der Waals surface area contributed by atoms with Crippen LogP contribution in [0.1, 0.15) is 33.4 Å². The smallest absolute Gasteiger partial charge is 0.0462 e. The Kier molecular flexibility index (Phi) is 7.63. The average Bonchev–Trinajstić information content (AvgIpc) is 3.46. The second-order valence-corrected chi connectivity index (χ2v) is 11.8. The summed E-state index contributed by atoms with van der Waals surface area (Å²) in [6.07, 6.45) is 4.60. The Labute approximate surface area is 277 Å². The van der Waals surface area contributed by atoms with Crippen molar-refractivity contribution >= 4 is 40.4 Å². The molecule has 0 fully saturated rings. The van der Waals surface area contributed by atoms with Gasteiger partial charge in [0.2, 0.25) is 0 Å². The second kappa shape index (κ2) is 12.7. The van der Waals surface area contributed by atoms with E-state index in [-0.39, 0.29) is 0 Å². The molecule has 1 heteroatoms. The molecule has 0 aliphatic heterocycles. The van der Waals surface area contributed by atoms with Gasteiger partial charge in [0.25, 0.3) is 0 Å². The fraction of sp³-hybridized carbons (Fsp3) is 0. The molecule has 0 aromatic heterocycles. The fourth-order valence-corrected chi connectivity index (χ4v) is 6.57. The highest BCUT2D eigenvalue weighted by atomic mass is 15.1. The van der Waals surface area contributed by atoms with E-state index in [0.29, 0.717) is 0 Å². The summed E-state index contributed by atoms with van der Waals surface area (Å²) in [6, 6.07) is 67.0. The van der Waals surface area contributed by atoms with E-state index in [0.717, 1.165) is 22.6 Å². The van der Waals surface area contributed by atoms with Crippen LogP contribution in [0, 0.1) is 0 Å². The topological polar surface area (TPSA) is 3.24 Å². The van der Waals surface area contributed by atoms with Gasteiger partial charge >= 0.3 is 0 Å². The fourth-order valence-electron chi connectivity index (χ4n) is 6.57. The van der Waals surface area contributed by atoms with Crippen molar-refractivity contribution in [3.05, 3.63) is 221 Å². The van der Waals surface area contributed by atoms with Gasteiger partial charge in [-0.1, -0.05) is 152 Å². The lowest BCUT2D eigenvalue weighted by molar-refractivity contribution is 1.28. The molecule has 1 aliphatic carbocycles. The molecule has 0 spiro atoms. The average molecular weight is 600 g/mol. The van der Waals surface area contributed by atoms with Crippen LogP contribution in [0.5, 0.6) is 0 Å². The lowest BCUT2D eigenvalue weighted by atomic mass is 9.95. The first kappa shape index (κ1) is 28.3. The van der Waals surface area contributed by atoms with Crippen molar-refractivity contribution < 1.29 is 0 Å². The molecule has 7 aromatic carbocycles. The third-order valence-corrected chi connectivity index (χ3v) is 8.83. The maximum absolute atomic E-state index is 2.32. The SMILES string of the molecule is C(=C(c1ccccc1)c1ccccc1)c1ccc(N(c2ccccc2)c2ccc(C=C3c4ccccc4-c4ccccc43)cc2)cc1. The van der Waals surface area contributed by atoms with Gasteiger partial charge in [0, 0.05) is 17.1 Å². The first-order valence-electron chi connectivity index (χ1n) is 16.1. The highest BCUT2D eigenvalue weighted by Gasteiger charge is 2.22. The van der Waals surface area contributed by atoms with Crippen LogP contribution in [-0.2, 0) is 0 Å². The van der Waals surface area contributed by atoms with Crippen molar-refractivity contribution in [3.8, 4) is 11.1 Å². The van der Waals surface area contributed by atoms with Gasteiger partial charge in [-0.05, 0) is 104 Å². The van der Waals surface area contributed by atoms with Crippen LogP contribution in [-0.4, -0.2) is 0 Å². The van der Waals surface area contributed by atoms with Gasteiger partial charge in [-0.3, -0.25) is 0 Å². The highest BCUT2D eigenvalue weighted by molar-refractivity contribution is 6.06. The maximum Gasteiger partial charge on any atom is 0.0462 e. The molecule has 0 saturated carbocycles. The van der Waals surface area contributed by atoms with Crippen LogP contribution in [0.3, 0.4) is 0 Å². The lowest BCUT2D eigenvalue weighted by Gasteiger charge is -2.25. The molecule has 0 unspecified atom stereocenters. The normalized spacial score (nSPS) is 11.4. The second-order valence-electron chi connectivity index (χ2n) is 11.8. The van der Waals surface area contributed by atoms with Gasteiger partial charge in [0.15, 0.2) is 0 Å². The van der Waals surface area contributed by atoms with E-state index in [4.69, 9.17) is 0 Å². The van der Waals surface area contributed by atoms with Crippen molar-refractivity contribution in [1.82, 2.24) is 0 Å². The number of anilines is 3. The van der Waals surface area contributed by atoms with Gasteiger partial charge in [-0.2, -0.15) is 0 Å². The number of para-hydroxylation sites is 1. The first-order chi connectivity index (χ1) is 23.3. The number of fused-ring (bicyclic) bond motifs is 3. The van der Waals surface area contributed by atoms with Crippen molar-refractivity contribution in [2.45, 2.75) is 0 Å². The third-order valence-electron chi connectivity index (χ3n) is 8.83. The quantitative estimate of drug-likeness (QED) is 0.165. The zero-order valence-corrected chi connectivity index (χ0v) is 26.0. The molecule has 8 rings (SSSR count). The minimum Gasteiger partial charge on any atom is -0.311 e. The molecule has 0 bridgehead atoms. The van der Waals surface area contributed by atoms with Crippen LogP contribution < -0.4 is 4.90 Å². The van der Waals surface area contributed by atoms with E-state index in [1.165, 1.54) is 50.1 Å². The first-order valence-corrected chi connectivity index (χ1v) is 16.1. The van der Waals surface area contributed by atoms with E-state index < -0.39 is 0 Å². The minimum atomic E-state index is 1.11. The highest BCUT2D eigenvalue weighted by Crippen LogP contribution is 2.45. The largest absolute Gasteiger partial charge is 0.311 e. The van der Waals surface area contributed by atoms with Crippen LogP contribution in [0.15, 0.2) is 188 Å². The number of hydrogen-bond donors (Lipinski definition) is 0. The number of nitrogens with zero attached hydrogens (tertiary/aromatic N) is 1. The van der Waals surface area contributed by atoms with E-state index in [1.54, 1.807) is 0 Å². The number of benzene rings is 7. The third kappa shape index (κ3) is 5.72. The molecule has 1 nitrogen and oxygen atoms in total. The summed E-state index contributed by atoms with van der Waals surface area (Å²) in [5.74, 6) is 0. The molecular formula is C46H33N. The van der Waals surface area contributed by atoms with Gasteiger partial charge in [0.05, 0.1) is 0 Å². The van der Waals surface area contributed by atoms with Crippen molar-refractivity contribution in [2.75, 3.05) is 4.90 Å². The van der Waals surface area contributed by atoms with Crippen LogP contribution in [0.2, 0.25) is 0 Å². The Morgan fingerprint density at radius 2 is 0.723 bits per heavy atom. The molecule has 222 valence electrons. The monoisotopic (exact) mass is 599 g/mol. The van der Waals surface area contributed by atoms with E-state index >= 15 is 0 Å². The van der Waals surface area contributed by atoms with Crippen molar-refractivity contribution in [3.63, 3.8) is 0 Å². The van der Waals surface area contributed by atoms with Crippen LogP contribution in [0.4, 0.5) is 17.1 Å². The predicted molar refractivity (Wildman–Crippen MR) is 200 cm³/mol. The lowest BCUT2D eigenvalue weighted by Crippen LogP contribution is -2.09. The Balaban J connectivity index is 1.14. The molecule has 47 heavy (non-hydrogen) atoms. The Hall–Kier alpha value is -6.18. The molecular weight excluding hydrogens is 567 g/mol. The summed E-state index contributed by atoms with van der Waals surface area (Å²) in [6.45, 7) is 0. The van der Waals surface area contributed by atoms with Crippen LogP contribution in [0.25, 0.3) is 34.4 Å². The summed E-state index contributed by atoms with van der Waals surface area (Å²) in [5.41, 5.74) is 15.8. The summed E-state index contributed by atoms with van der Waals surface area (Å²) in [5, 5.41) is 0. The maximum atomic E-state index is 2.32. The summed E-state index contributed by atoms with van der Waals surface area (Å²) in [7, 11) is 0. The number of hydrogen-bond acceptors (Lipinski definition) is 1. The zero-order chi connectivity index (χ0) is 31.4. The summed E-state index contributed by atoms with van der Waals surface area (Å²) in [4.78, 5) is 2.32. The van der Waals surface area contributed by atoms with Gasteiger partial charge < -0.3 is 4.90 Å². The molecule has 0 radical (unpaired) electrons. The van der Waals surface area contributed by atoms with E-state index in [1.807, 2.05) is 0 Å². The van der Waals surface area contributed by atoms with E-state index in [2.05, 4.69) is 205 Å². The molecule has 0 atom stereocenters. The summed E-state index contributed by atoms with van der Waals surface area (Å²) < 4.78 is 0. The van der Waals surface area contributed by atoms with Gasteiger partial charge in [0.1, 0.15) is 0 Å². The molecule has 7 aromatic rings.